The Hall–Kier alpha value is -2.83. The topological polar surface area (TPSA) is 69.0 Å². The SMILES string of the molecule is CCOc1ccccc1C1C2=C(CCCC2=O)Nc2nc(-c3ccc(Cl)cc3Cl)nn21. The first-order valence-electron chi connectivity index (χ1n) is 10.2. The van der Waals surface area contributed by atoms with Gasteiger partial charge in [-0.05, 0) is 44.0 Å². The molecule has 0 fully saturated rings. The zero-order valence-corrected chi connectivity index (χ0v) is 18.4. The third-order valence-electron chi connectivity index (χ3n) is 5.55. The van der Waals surface area contributed by atoms with E-state index in [0.717, 1.165) is 35.4 Å². The lowest BCUT2D eigenvalue weighted by molar-refractivity contribution is -0.116. The van der Waals surface area contributed by atoms with Crippen molar-refractivity contribution >= 4 is 34.9 Å². The summed E-state index contributed by atoms with van der Waals surface area (Å²) in [6, 6.07) is 12.6. The molecule has 31 heavy (non-hydrogen) atoms. The fraction of sp³-hybridized carbons (Fsp3) is 0.261. The predicted molar refractivity (Wildman–Crippen MR) is 121 cm³/mol. The number of nitrogens with one attached hydrogen (secondary N) is 1. The number of hydrogen-bond donors (Lipinski definition) is 1. The van der Waals surface area contributed by atoms with Crippen LogP contribution < -0.4 is 10.1 Å². The first-order chi connectivity index (χ1) is 15.1. The number of anilines is 1. The molecule has 2 aromatic carbocycles. The molecule has 1 aromatic heterocycles. The first-order valence-corrected chi connectivity index (χ1v) is 11.0. The Morgan fingerprint density at radius 1 is 1.19 bits per heavy atom. The summed E-state index contributed by atoms with van der Waals surface area (Å²) in [5, 5.41) is 9.12. The maximum Gasteiger partial charge on any atom is 0.226 e. The van der Waals surface area contributed by atoms with Gasteiger partial charge in [0.15, 0.2) is 11.6 Å². The number of carbonyl (C=O) groups excluding carboxylic acids is 1. The van der Waals surface area contributed by atoms with Gasteiger partial charge in [-0.2, -0.15) is 4.98 Å². The minimum atomic E-state index is -0.422. The molecule has 2 aliphatic rings. The number of nitrogens with zero attached hydrogens (tertiary/aromatic N) is 3. The van der Waals surface area contributed by atoms with Gasteiger partial charge in [0, 0.05) is 33.8 Å². The highest BCUT2D eigenvalue weighted by atomic mass is 35.5. The van der Waals surface area contributed by atoms with Crippen LogP contribution in [-0.2, 0) is 4.79 Å². The monoisotopic (exact) mass is 454 g/mol. The van der Waals surface area contributed by atoms with E-state index in [4.69, 9.17) is 38.0 Å². The van der Waals surface area contributed by atoms with Gasteiger partial charge in [-0.15, -0.1) is 5.10 Å². The lowest BCUT2D eigenvalue weighted by atomic mass is 9.85. The Balaban J connectivity index is 1.70. The minimum absolute atomic E-state index is 0.122. The first kappa shape index (κ1) is 20.1. The van der Waals surface area contributed by atoms with Gasteiger partial charge in [0.2, 0.25) is 5.95 Å². The van der Waals surface area contributed by atoms with Gasteiger partial charge in [-0.1, -0.05) is 41.4 Å². The molecule has 1 aliphatic heterocycles. The van der Waals surface area contributed by atoms with Gasteiger partial charge in [0.1, 0.15) is 11.8 Å². The van der Waals surface area contributed by atoms with Crippen LogP contribution in [0.4, 0.5) is 5.95 Å². The second-order valence-electron chi connectivity index (χ2n) is 7.50. The van der Waals surface area contributed by atoms with E-state index in [0.29, 0.717) is 40.4 Å². The van der Waals surface area contributed by atoms with Crippen molar-refractivity contribution < 1.29 is 9.53 Å². The summed E-state index contributed by atoms with van der Waals surface area (Å²) >= 11 is 12.5. The Morgan fingerprint density at radius 2 is 2.03 bits per heavy atom. The fourth-order valence-electron chi connectivity index (χ4n) is 4.22. The Bertz CT molecular complexity index is 1220. The smallest absolute Gasteiger partial charge is 0.226 e. The third kappa shape index (κ3) is 3.50. The molecule has 5 rings (SSSR count). The second kappa shape index (κ2) is 8.02. The van der Waals surface area contributed by atoms with Gasteiger partial charge in [-0.25, -0.2) is 4.68 Å². The molecule has 0 radical (unpaired) electrons. The molecular formula is C23H20Cl2N4O2. The van der Waals surface area contributed by atoms with Gasteiger partial charge in [0.05, 0.1) is 11.6 Å². The van der Waals surface area contributed by atoms with E-state index >= 15 is 0 Å². The van der Waals surface area contributed by atoms with Crippen LogP contribution in [0.3, 0.4) is 0 Å². The number of para-hydroxylation sites is 1. The van der Waals surface area contributed by atoms with E-state index in [2.05, 4.69) is 5.32 Å². The number of hydrogen-bond acceptors (Lipinski definition) is 5. The van der Waals surface area contributed by atoms with Gasteiger partial charge in [0.25, 0.3) is 0 Å². The molecule has 1 unspecified atom stereocenters. The molecule has 0 bridgehead atoms. The average molecular weight is 455 g/mol. The van der Waals surface area contributed by atoms with Crippen LogP contribution in [0.5, 0.6) is 5.75 Å². The highest BCUT2D eigenvalue weighted by molar-refractivity contribution is 6.36. The molecule has 3 aromatic rings. The van der Waals surface area contributed by atoms with E-state index in [1.807, 2.05) is 31.2 Å². The van der Waals surface area contributed by atoms with Crippen molar-refractivity contribution in [2.24, 2.45) is 0 Å². The number of ketones is 1. The van der Waals surface area contributed by atoms with Crippen LogP contribution in [-0.4, -0.2) is 27.2 Å². The maximum absolute atomic E-state index is 13.0. The number of halogens is 2. The standard InChI is InChI=1S/C23H20Cl2N4O2/c1-2-31-19-9-4-3-6-15(19)21-20-17(7-5-8-18(20)30)26-23-27-22(28-29(21)23)14-11-10-13(24)12-16(14)25/h3-4,6,9-12,21H,2,5,7-8H2,1H3,(H,26,27,28). The lowest BCUT2D eigenvalue weighted by Crippen LogP contribution is -2.31. The molecule has 158 valence electrons. The zero-order valence-electron chi connectivity index (χ0n) is 16.9. The predicted octanol–water partition coefficient (Wildman–Crippen LogP) is 5.67. The van der Waals surface area contributed by atoms with Crippen LogP contribution >= 0.6 is 23.2 Å². The summed E-state index contributed by atoms with van der Waals surface area (Å²) in [7, 11) is 0. The van der Waals surface area contributed by atoms with Crippen molar-refractivity contribution in [1.82, 2.24) is 14.8 Å². The summed E-state index contributed by atoms with van der Waals surface area (Å²) in [6.07, 6.45) is 2.13. The molecule has 1 atom stereocenters. The Labute approximate surface area is 189 Å². The second-order valence-corrected chi connectivity index (χ2v) is 8.34. The number of benzene rings is 2. The van der Waals surface area contributed by atoms with Crippen LogP contribution in [0, 0.1) is 0 Å². The van der Waals surface area contributed by atoms with Gasteiger partial charge < -0.3 is 10.1 Å². The van der Waals surface area contributed by atoms with Crippen molar-refractivity contribution in [2.45, 2.75) is 32.2 Å². The molecular weight excluding hydrogens is 435 g/mol. The molecule has 1 aliphatic carbocycles. The van der Waals surface area contributed by atoms with Gasteiger partial charge >= 0.3 is 0 Å². The number of fused-ring (bicyclic) bond motifs is 1. The van der Waals surface area contributed by atoms with Crippen molar-refractivity contribution in [3.63, 3.8) is 0 Å². The quantitative estimate of drug-likeness (QED) is 0.549. The highest BCUT2D eigenvalue weighted by Gasteiger charge is 2.38. The number of ether oxygens (including phenoxy) is 1. The third-order valence-corrected chi connectivity index (χ3v) is 6.10. The van der Waals surface area contributed by atoms with Crippen molar-refractivity contribution in [1.29, 1.82) is 0 Å². The van der Waals surface area contributed by atoms with Crippen LogP contribution in [0.25, 0.3) is 11.4 Å². The summed E-state index contributed by atoms with van der Waals surface area (Å²) in [6.45, 7) is 2.47. The Kier molecular flexibility index (Phi) is 5.20. The molecule has 0 saturated heterocycles. The number of rotatable bonds is 4. The van der Waals surface area contributed by atoms with E-state index in [-0.39, 0.29) is 5.78 Å². The number of allylic oxidation sites excluding steroid dienone is 2. The van der Waals surface area contributed by atoms with Crippen LogP contribution in [0.2, 0.25) is 10.0 Å². The van der Waals surface area contributed by atoms with E-state index in [1.54, 1.807) is 22.9 Å². The summed E-state index contributed by atoms with van der Waals surface area (Å²) < 4.78 is 7.66. The number of carbonyl (C=O) groups is 1. The maximum atomic E-state index is 13.0. The largest absolute Gasteiger partial charge is 0.494 e. The van der Waals surface area contributed by atoms with Crippen LogP contribution in [0.1, 0.15) is 37.8 Å². The summed E-state index contributed by atoms with van der Waals surface area (Å²) in [5.41, 5.74) is 3.19. The molecule has 1 N–H and O–H groups in total. The van der Waals surface area contributed by atoms with Crippen molar-refractivity contribution in [2.75, 3.05) is 11.9 Å². The summed E-state index contributed by atoms with van der Waals surface area (Å²) in [5.74, 6) is 1.90. The molecule has 0 amide bonds. The van der Waals surface area contributed by atoms with Crippen molar-refractivity contribution in [3.05, 3.63) is 69.3 Å². The Morgan fingerprint density at radius 3 is 2.84 bits per heavy atom. The summed E-state index contributed by atoms with van der Waals surface area (Å²) in [4.78, 5) is 17.7. The van der Waals surface area contributed by atoms with E-state index < -0.39 is 6.04 Å². The van der Waals surface area contributed by atoms with E-state index in [9.17, 15) is 4.79 Å². The number of Topliss-reactive ketones (excluding diaryl/α,β-unsaturated/α-hetero) is 1. The molecule has 0 saturated carbocycles. The number of aromatic nitrogens is 3. The van der Waals surface area contributed by atoms with Crippen LogP contribution in [0.15, 0.2) is 53.7 Å². The molecule has 8 heteroatoms. The molecule has 0 spiro atoms. The van der Waals surface area contributed by atoms with Crippen molar-refractivity contribution in [3.8, 4) is 17.1 Å². The highest BCUT2D eigenvalue weighted by Crippen LogP contribution is 2.43. The minimum Gasteiger partial charge on any atom is -0.494 e. The normalized spacial score (nSPS) is 17.8. The van der Waals surface area contributed by atoms with Gasteiger partial charge in [-0.3, -0.25) is 4.79 Å². The molecule has 2 heterocycles. The van der Waals surface area contributed by atoms with E-state index in [1.165, 1.54) is 0 Å². The zero-order chi connectivity index (χ0) is 21.5. The lowest BCUT2D eigenvalue weighted by Gasteiger charge is -2.32. The average Bonchev–Trinajstić information content (AvgIpc) is 3.16. The fourth-order valence-corrected chi connectivity index (χ4v) is 4.72. The molecule has 6 nitrogen and oxygen atoms in total.